The Kier molecular flexibility index (Phi) is 4.40. The second-order valence-corrected chi connectivity index (χ2v) is 5.35. The van der Waals surface area contributed by atoms with Crippen molar-refractivity contribution in [2.45, 2.75) is 19.4 Å². The van der Waals surface area contributed by atoms with E-state index in [9.17, 15) is 5.11 Å². The van der Waals surface area contributed by atoms with Crippen LogP contribution in [0.15, 0.2) is 36.5 Å². The van der Waals surface area contributed by atoms with E-state index >= 15 is 0 Å². The van der Waals surface area contributed by atoms with Crippen LogP contribution < -0.4 is 0 Å². The Labute approximate surface area is 106 Å². The third kappa shape index (κ3) is 3.20. The summed E-state index contributed by atoms with van der Waals surface area (Å²) in [5.74, 6) is 2.11. The number of fused-ring (bicyclic) bond motifs is 1. The molecule has 0 aliphatic rings. The number of rotatable bonds is 5. The van der Waals surface area contributed by atoms with Gasteiger partial charge in [0.15, 0.2) is 0 Å². The topological polar surface area (TPSA) is 33.1 Å². The van der Waals surface area contributed by atoms with Crippen LogP contribution in [0.2, 0.25) is 0 Å². The smallest absolute Gasteiger partial charge is 0.0798 e. The minimum atomic E-state index is -0.362. The van der Waals surface area contributed by atoms with E-state index in [1.165, 1.54) is 0 Å². The normalized spacial score (nSPS) is 12.8. The lowest BCUT2D eigenvalue weighted by molar-refractivity contribution is 0.175. The second kappa shape index (κ2) is 6.03. The van der Waals surface area contributed by atoms with Crippen LogP contribution in [0.3, 0.4) is 0 Å². The summed E-state index contributed by atoms with van der Waals surface area (Å²) < 4.78 is 0. The summed E-state index contributed by atoms with van der Waals surface area (Å²) in [5, 5.41) is 11.2. The lowest BCUT2D eigenvalue weighted by Crippen LogP contribution is -1.99. The SMILES string of the molecule is CCSCCC(O)c1ccc2ncccc2c1. The Morgan fingerprint density at radius 1 is 1.35 bits per heavy atom. The molecule has 2 rings (SSSR count). The van der Waals surface area contributed by atoms with Gasteiger partial charge in [-0.1, -0.05) is 19.1 Å². The van der Waals surface area contributed by atoms with Crippen molar-refractivity contribution in [3.05, 3.63) is 42.1 Å². The second-order valence-electron chi connectivity index (χ2n) is 3.96. The zero-order valence-corrected chi connectivity index (χ0v) is 10.8. The largest absolute Gasteiger partial charge is 0.388 e. The molecule has 17 heavy (non-hydrogen) atoms. The molecule has 0 radical (unpaired) electrons. The first-order valence-corrected chi connectivity index (χ1v) is 7.07. The lowest BCUT2D eigenvalue weighted by Gasteiger charge is -2.11. The van der Waals surface area contributed by atoms with Crippen LogP contribution in [0.1, 0.15) is 25.0 Å². The molecule has 1 unspecified atom stereocenters. The van der Waals surface area contributed by atoms with E-state index in [1.54, 1.807) is 6.20 Å². The summed E-state index contributed by atoms with van der Waals surface area (Å²) in [4.78, 5) is 4.27. The van der Waals surface area contributed by atoms with Gasteiger partial charge in [0.25, 0.3) is 0 Å². The highest BCUT2D eigenvalue weighted by atomic mass is 32.2. The first-order valence-electron chi connectivity index (χ1n) is 5.91. The molecular formula is C14H17NOS. The van der Waals surface area contributed by atoms with Gasteiger partial charge >= 0.3 is 0 Å². The average molecular weight is 247 g/mol. The van der Waals surface area contributed by atoms with Gasteiger partial charge in [0.05, 0.1) is 11.6 Å². The van der Waals surface area contributed by atoms with Gasteiger partial charge in [-0.05, 0) is 41.7 Å². The number of aliphatic hydroxyl groups is 1. The van der Waals surface area contributed by atoms with Crippen LogP contribution in [-0.4, -0.2) is 21.6 Å². The van der Waals surface area contributed by atoms with E-state index in [-0.39, 0.29) is 6.10 Å². The van der Waals surface area contributed by atoms with Gasteiger partial charge < -0.3 is 5.11 Å². The lowest BCUT2D eigenvalue weighted by atomic mass is 10.0. The van der Waals surface area contributed by atoms with Gasteiger partial charge in [0, 0.05) is 11.6 Å². The first kappa shape index (κ1) is 12.4. The molecule has 1 aromatic heterocycles. The van der Waals surface area contributed by atoms with Crippen LogP contribution in [0, 0.1) is 0 Å². The van der Waals surface area contributed by atoms with E-state index < -0.39 is 0 Å². The van der Waals surface area contributed by atoms with Crippen molar-refractivity contribution in [2.75, 3.05) is 11.5 Å². The summed E-state index contributed by atoms with van der Waals surface area (Å²) >= 11 is 1.86. The Hall–Kier alpha value is -1.06. The number of nitrogens with zero attached hydrogens (tertiary/aromatic N) is 1. The maximum absolute atomic E-state index is 10.1. The molecule has 3 heteroatoms. The van der Waals surface area contributed by atoms with Crippen molar-refractivity contribution < 1.29 is 5.11 Å². The van der Waals surface area contributed by atoms with Crippen LogP contribution in [0.25, 0.3) is 10.9 Å². The highest BCUT2D eigenvalue weighted by Crippen LogP contribution is 2.22. The Balaban J connectivity index is 2.12. The van der Waals surface area contributed by atoms with Gasteiger partial charge in [0.1, 0.15) is 0 Å². The summed E-state index contributed by atoms with van der Waals surface area (Å²) in [6.45, 7) is 2.14. The van der Waals surface area contributed by atoms with Gasteiger partial charge in [0.2, 0.25) is 0 Å². The molecule has 0 spiro atoms. The number of hydrogen-bond donors (Lipinski definition) is 1. The standard InChI is InChI=1S/C14H17NOS/c1-2-17-9-7-14(16)12-5-6-13-11(10-12)4-3-8-15-13/h3-6,8,10,14,16H,2,7,9H2,1H3. The molecule has 0 fully saturated rings. The molecular weight excluding hydrogens is 230 g/mol. The third-order valence-corrected chi connectivity index (χ3v) is 3.68. The first-order chi connectivity index (χ1) is 8.31. The number of aliphatic hydroxyl groups excluding tert-OH is 1. The third-order valence-electron chi connectivity index (χ3n) is 2.75. The summed E-state index contributed by atoms with van der Waals surface area (Å²) in [6.07, 6.45) is 2.24. The molecule has 0 saturated carbocycles. The number of pyridine rings is 1. The fraction of sp³-hybridized carbons (Fsp3) is 0.357. The van der Waals surface area contributed by atoms with E-state index in [1.807, 2.05) is 42.1 Å². The highest BCUT2D eigenvalue weighted by molar-refractivity contribution is 7.99. The summed E-state index contributed by atoms with van der Waals surface area (Å²) in [5.41, 5.74) is 1.97. The number of benzene rings is 1. The average Bonchev–Trinajstić information content (AvgIpc) is 2.38. The molecule has 1 heterocycles. The maximum Gasteiger partial charge on any atom is 0.0798 e. The van der Waals surface area contributed by atoms with E-state index in [2.05, 4.69) is 11.9 Å². The summed E-state index contributed by atoms with van der Waals surface area (Å²) in [6, 6.07) is 9.92. The molecule has 1 N–H and O–H groups in total. The maximum atomic E-state index is 10.1. The van der Waals surface area contributed by atoms with Crippen molar-refractivity contribution in [1.82, 2.24) is 4.98 Å². The van der Waals surface area contributed by atoms with Crippen molar-refractivity contribution in [3.63, 3.8) is 0 Å². The zero-order chi connectivity index (χ0) is 12.1. The fourth-order valence-corrected chi connectivity index (χ4v) is 2.49. The molecule has 2 nitrogen and oxygen atoms in total. The molecule has 0 aliphatic carbocycles. The molecule has 1 aromatic carbocycles. The molecule has 1 atom stereocenters. The van der Waals surface area contributed by atoms with E-state index in [0.29, 0.717) is 0 Å². The number of hydrogen-bond acceptors (Lipinski definition) is 3. The van der Waals surface area contributed by atoms with Crippen LogP contribution >= 0.6 is 11.8 Å². The molecule has 0 amide bonds. The zero-order valence-electron chi connectivity index (χ0n) is 9.97. The van der Waals surface area contributed by atoms with Crippen molar-refractivity contribution >= 4 is 22.7 Å². The molecule has 0 saturated heterocycles. The number of aromatic nitrogens is 1. The quantitative estimate of drug-likeness (QED) is 0.822. The molecule has 2 aromatic rings. The van der Waals surface area contributed by atoms with Gasteiger partial charge in [-0.15, -0.1) is 0 Å². The van der Waals surface area contributed by atoms with Crippen LogP contribution in [0.5, 0.6) is 0 Å². The van der Waals surface area contributed by atoms with E-state index in [4.69, 9.17) is 0 Å². The van der Waals surface area contributed by atoms with Crippen molar-refractivity contribution in [1.29, 1.82) is 0 Å². The molecule has 90 valence electrons. The van der Waals surface area contributed by atoms with Gasteiger partial charge in [-0.25, -0.2) is 0 Å². The Morgan fingerprint density at radius 2 is 2.24 bits per heavy atom. The Morgan fingerprint density at radius 3 is 3.06 bits per heavy atom. The highest BCUT2D eigenvalue weighted by Gasteiger charge is 2.07. The molecule has 0 bridgehead atoms. The predicted octanol–water partition coefficient (Wildman–Crippen LogP) is 3.41. The fourth-order valence-electron chi connectivity index (χ4n) is 1.81. The van der Waals surface area contributed by atoms with Gasteiger partial charge in [-0.2, -0.15) is 11.8 Å². The van der Waals surface area contributed by atoms with Crippen molar-refractivity contribution in [2.24, 2.45) is 0 Å². The number of thioether (sulfide) groups is 1. The van der Waals surface area contributed by atoms with Crippen LogP contribution in [0.4, 0.5) is 0 Å². The summed E-state index contributed by atoms with van der Waals surface area (Å²) in [7, 11) is 0. The predicted molar refractivity (Wildman–Crippen MR) is 74.3 cm³/mol. The van der Waals surface area contributed by atoms with Crippen LogP contribution in [-0.2, 0) is 0 Å². The van der Waals surface area contributed by atoms with E-state index in [0.717, 1.165) is 34.4 Å². The van der Waals surface area contributed by atoms with Crippen molar-refractivity contribution in [3.8, 4) is 0 Å². The minimum absolute atomic E-state index is 0.362. The minimum Gasteiger partial charge on any atom is -0.388 e. The van der Waals surface area contributed by atoms with Gasteiger partial charge in [-0.3, -0.25) is 4.98 Å². The Bertz CT molecular complexity index is 486. The monoisotopic (exact) mass is 247 g/mol. The molecule has 0 aliphatic heterocycles.